The van der Waals surface area contributed by atoms with Crippen LogP contribution in [-0.2, 0) is 5.54 Å². The monoisotopic (exact) mass is 180 g/mol. The first-order chi connectivity index (χ1) is 5.84. The van der Waals surface area contributed by atoms with Crippen LogP contribution in [0.2, 0.25) is 0 Å². The standard InChI is InChI=1S/C11H20N2/c1-8(2)9-6-7-13(10(9)12)11(3,4)5/h6-8H,12H2,1-5H3. The minimum absolute atomic E-state index is 0.0806. The van der Waals surface area contributed by atoms with Gasteiger partial charge in [0.1, 0.15) is 5.82 Å². The Morgan fingerprint density at radius 2 is 1.85 bits per heavy atom. The Balaban J connectivity index is 3.14. The van der Waals surface area contributed by atoms with E-state index in [1.54, 1.807) is 0 Å². The molecule has 0 spiro atoms. The third kappa shape index (κ3) is 1.87. The zero-order valence-corrected chi connectivity index (χ0v) is 9.26. The van der Waals surface area contributed by atoms with Crippen LogP contribution in [0.15, 0.2) is 12.3 Å². The van der Waals surface area contributed by atoms with Gasteiger partial charge in [0, 0.05) is 11.7 Å². The number of anilines is 1. The van der Waals surface area contributed by atoms with Crippen LogP contribution in [0.4, 0.5) is 5.82 Å². The van der Waals surface area contributed by atoms with Gasteiger partial charge in [-0.2, -0.15) is 0 Å². The van der Waals surface area contributed by atoms with Crippen molar-refractivity contribution in [2.75, 3.05) is 5.73 Å². The van der Waals surface area contributed by atoms with Gasteiger partial charge < -0.3 is 10.3 Å². The Kier molecular flexibility index (Phi) is 2.42. The summed E-state index contributed by atoms with van der Waals surface area (Å²) in [5, 5.41) is 0. The molecule has 0 fully saturated rings. The van der Waals surface area contributed by atoms with Gasteiger partial charge in [0.15, 0.2) is 0 Å². The smallest absolute Gasteiger partial charge is 0.107 e. The van der Waals surface area contributed by atoms with E-state index in [0.717, 1.165) is 5.82 Å². The average molecular weight is 180 g/mol. The average Bonchev–Trinajstić information content (AvgIpc) is 2.28. The molecule has 0 atom stereocenters. The van der Waals surface area contributed by atoms with Crippen molar-refractivity contribution in [1.82, 2.24) is 4.57 Å². The van der Waals surface area contributed by atoms with Gasteiger partial charge in [-0.3, -0.25) is 0 Å². The molecule has 1 rings (SSSR count). The maximum absolute atomic E-state index is 6.05. The van der Waals surface area contributed by atoms with Crippen LogP contribution in [0.25, 0.3) is 0 Å². The molecule has 0 saturated carbocycles. The largest absolute Gasteiger partial charge is 0.385 e. The fourth-order valence-electron chi connectivity index (χ4n) is 1.53. The first kappa shape index (κ1) is 10.2. The van der Waals surface area contributed by atoms with Crippen LogP contribution in [-0.4, -0.2) is 4.57 Å². The van der Waals surface area contributed by atoms with Gasteiger partial charge in [-0.05, 0) is 38.3 Å². The summed E-state index contributed by atoms with van der Waals surface area (Å²) in [6, 6.07) is 2.12. The lowest BCUT2D eigenvalue weighted by Crippen LogP contribution is -2.22. The highest BCUT2D eigenvalue weighted by molar-refractivity contribution is 5.44. The van der Waals surface area contributed by atoms with Crippen molar-refractivity contribution < 1.29 is 0 Å². The molecule has 2 N–H and O–H groups in total. The van der Waals surface area contributed by atoms with E-state index in [0.29, 0.717) is 5.92 Å². The Morgan fingerprint density at radius 3 is 2.08 bits per heavy atom. The lowest BCUT2D eigenvalue weighted by Gasteiger charge is -2.23. The molecule has 1 aromatic heterocycles. The predicted octanol–water partition coefficient (Wildman–Crippen LogP) is 2.95. The van der Waals surface area contributed by atoms with Crippen LogP contribution in [0.3, 0.4) is 0 Å². The molecule has 1 aromatic rings. The SMILES string of the molecule is CC(C)c1ccn(C(C)(C)C)c1N. The van der Waals surface area contributed by atoms with Gasteiger partial charge in [-0.25, -0.2) is 0 Å². The van der Waals surface area contributed by atoms with E-state index in [2.05, 4.69) is 51.4 Å². The van der Waals surface area contributed by atoms with Gasteiger partial charge in [-0.1, -0.05) is 13.8 Å². The minimum atomic E-state index is 0.0806. The summed E-state index contributed by atoms with van der Waals surface area (Å²) >= 11 is 0. The van der Waals surface area contributed by atoms with Crippen LogP contribution in [0.1, 0.15) is 46.1 Å². The second-order valence-electron chi connectivity index (χ2n) is 4.85. The summed E-state index contributed by atoms with van der Waals surface area (Å²) in [7, 11) is 0. The fourth-order valence-corrected chi connectivity index (χ4v) is 1.53. The number of rotatable bonds is 1. The van der Waals surface area contributed by atoms with Crippen LogP contribution >= 0.6 is 0 Å². The molecule has 0 aromatic carbocycles. The van der Waals surface area contributed by atoms with Crippen molar-refractivity contribution in [2.24, 2.45) is 0 Å². The summed E-state index contributed by atoms with van der Waals surface area (Å²) in [5.41, 5.74) is 7.38. The Morgan fingerprint density at radius 1 is 1.31 bits per heavy atom. The van der Waals surface area contributed by atoms with E-state index < -0.39 is 0 Å². The van der Waals surface area contributed by atoms with Gasteiger partial charge >= 0.3 is 0 Å². The molecule has 0 aliphatic heterocycles. The van der Waals surface area contributed by atoms with Gasteiger partial charge in [-0.15, -0.1) is 0 Å². The van der Waals surface area contributed by atoms with Crippen molar-refractivity contribution in [3.63, 3.8) is 0 Å². The second kappa shape index (κ2) is 3.09. The number of aromatic nitrogens is 1. The third-order valence-electron chi connectivity index (χ3n) is 2.30. The van der Waals surface area contributed by atoms with E-state index in [1.807, 2.05) is 0 Å². The summed E-state index contributed by atoms with van der Waals surface area (Å²) < 4.78 is 2.13. The number of nitrogen functional groups attached to an aromatic ring is 1. The summed E-state index contributed by atoms with van der Waals surface area (Å²) in [5.74, 6) is 1.41. The molecule has 0 radical (unpaired) electrons. The highest BCUT2D eigenvalue weighted by Gasteiger charge is 2.17. The first-order valence-corrected chi connectivity index (χ1v) is 4.81. The molecule has 74 valence electrons. The summed E-state index contributed by atoms with van der Waals surface area (Å²) in [6.07, 6.45) is 2.07. The van der Waals surface area contributed by atoms with Crippen LogP contribution in [0.5, 0.6) is 0 Å². The molecule has 2 nitrogen and oxygen atoms in total. The summed E-state index contributed by atoms with van der Waals surface area (Å²) in [4.78, 5) is 0. The van der Waals surface area contributed by atoms with E-state index >= 15 is 0 Å². The molecule has 0 saturated heterocycles. The quantitative estimate of drug-likeness (QED) is 0.707. The van der Waals surface area contributed by atoms with Crippen molar-refractivity contribution in [1.29, 1.82) is 0 Å². The van der Waals surface area contributed by atoms with E-state index in [1.165, 1.54) is 5.56 Å². The van der Waals surface area contributed by atoms with Gasteiger partial charge in [0.25, 0.3) is 0 Å². The fraction of sp³-hybridized carbons (Fsp3) is 0.636. The molecule has 0 bridgehead atoms. The normalized spacial score (nSPS) is 12.5. The molecule has 13 heavy (non-hydrogen) atoms. The topological polar surface area (TPSA) is 30.9 Å². The minimum Gasteiger partial charge on any atom is -0.385 e. The molecule has 0 amide bonds. The van der Waals surface area contributed by atoms with E-state index in [9.17, 15) is 0 Å². The maximum Gasteiger partial charge on any atom is 0.107 e. The summed E-state index contributed by atoms with van der Waals surface area (Å²) in [6.45, 7) is 10.8. The number of nitrogens with two attached hydrogens (primary N) is 1. The van der Waals surface area contributed by atoms with Crippen LogP contribution < -0.4 is 5.73 Å². The third-order valence-corrected chi connectivity index (χ3v) is 2.30. The highest BCUT2D eigenvalue weighted by Crippen LogP contribution is 2.27. The molecular weight excluding hydrogens is 160 g/mol. The Labute approximate surface area is 80.7 Å². The molecule has 2 heteroatoms. The van der Waals surface area contributed by atoms with E-state index in [-0.39, 0.29) is 5.54 Å². The van der Waals surface area contributed by atoms with Gasteiger partial charge in [0.05, 0.1) is 0 Å². The molecule has 0 aliphatic rings. The zero-order chi connectivity index (χ0) is 10.2. The predicted molar refractivity (Wildman–Crippen MR) is 57.9 cm³/mol. The van der Waals surface area contributed by atoms with Crippen molar-refractivity contribution in [2.45, 2.75) is 46.1 Å². The van der Waals surface area contributed by atoms with Crippen molar-refractivity contribution >= 4 is 5.82 Å². The number of nitrogens with zero attached hydrogens (tertiary/aromatic N) is 1. The van der Waals surface area contributed by atoms with Gasteiger partial charge in [0.2, 0.25) is 0 Å². The lowest BCUT2D eigenvalue weighted by atomic mass is 10.1. The highest BCUT2D eigenvalue weighted by atomic mass is 15.1. The molecular formula is C11H20N2. The molecule has 1 heterocycles. The Hall–Kier alpha value is -0.920. The number of hydrogen-bond acceptors (Lipinski definition) is 1. The number of hydrogen-bond donors (Lipinski definition) is 1. The van der Waals surface area contributed by atoms with Crippen molar-refractivity contribution in [3.05, 3.63) is 17.8 Å². The zero-order valence-electron chi connectivity index (χ0n) is 9.26. The van der Waals surface area contributed by atoms with Crippen molar-refractivity contribution in [3.8, 4) is 0 Å². The molecule has 0 aliphatic carbocycles. The first-order valence-electron chi connectivity index (χ1n) is 4.81. The van der Waals surface area contributed by atoms with E-state index in [4.69, 9.17) is 5.73 Å². The van der Waals surface area contributed by atoms with Crippen LogP contribution in [0, 0.1) is 0 Å². The maximum atomic E-state index is 6.05. The lowest BCUT2D eigenvalue weighted by molar-refractivity contribution is 0.403. The Bertz CT molecular complexity index is 290. The molecule has 0 unspecified atom stereocenters. The second-order valence-corrected chi connectivity index (χ2v) is 4.85.